The molecule has 0 radical (unpaired) electrons. The van der Waals surface area contributed by atoms with Crippen LogP contribution in [0.1, 0.15) is 52.0 Å². The van der Waals surface area contributed by atoms with Crippen molar-refractivity contribution >= 4 is 8.32 Å². The molecular weight excluding hydrogens is 344 g/mol. The molecule has 0 atom stereocenters. The van der Waals surface area contributed by atoms with Gasteiger partial charge in [-0.2, -0.15) is 5.26 Å². The van der Waals surface area contributed by atoms with E-state index in [9.17, 15) is 5.26 Å². The van der Waals surface area contributed by atoms with E-state index in [0.717, 1.165) is 32.3 Å². The molecule has 1 saturated carbocycles. The zero-order valence-corrected chi connectivity index (χ0v) is 18.0. The van der Waals surface area contributed by atoms with Crippen molar-refractivity contribution in [3.05, 3.63) is 17.8 Å². The summed E-state index contributed by atoms with van der Waals surface area (Å²) in [4.78, 5) is 4.25. The summed E-state index contributed by atoms with van der Waals surface area (Å²) in [6, 6.07) is 3.76. The maximum atomic E-state index is 9.17. The van der Waals surface area contributed by atoms with Crippen LogP contribution < -0.4 is 9.47 Å². The second-order valence-corrected chi connectivity index (χ2v) is 13.4. The van der Waals surface area contributed by atoms with Crippen LogP contribution in [0, 0.1) is 17.2 Å². The summed E-state index contributed by atoms with van der Waals surface area (Å²) >= 11 is 0. The molecule has 0 saturated heterocycles. The molecule has 0 amide bonds. The molecule has 144 valence electrons. The maximum Gasteiger partial charge on any atom is 0.258 e. The average molecular weight is 377 g/mol. The van der Waals surface area contributed by atoms with Crippen molar-refractivity contribution in [1.82, 2.24) is 4.98 Å². The Morgan fingerprint density at radius 2 is 1.88 bits per heavy atom. The highest BCUT2D eigenvalue weighted by Crippen LogP contribution is 2.38. The molecule has 0 bridgehead atoms. The Morgan fingerprint density at radius 3 is 2.42 bits per heavy atom. The van der Waals surface area contributed by atoms with Crippen molar-refractivity contribution in [3.8, 4) is 17.7 Å². The molecule has 1 aromatic rings. The van der Waals surface area contributed by atoms with Gasteiger partial charge in [-0.3, -0.25) is 0 Å². The highest BCUT2D eigenvalue weighted by molar-refractivity contribution is 6.74. The van der Waals surface area contributed by atoms with E-state index in [1.54, 1.807) is 19.4 Å². The van der Waals surface area contributed by atoms with Crippen molar-refractivity contribution in [3.63, 3.8) is 0 Å². The Kier molecular flexibility index (Phi) is 6.70. The number of nitrogens with zero attached hydrogens (tertiary/aromatic N) is 2. The predicted octanol–water partition coefficient (Wildman–Crippen LogP) is 4.92. The highest BCUT2D eigenvalue weighted by Gasteiger charge is 2.38. The van der Waals surface area contributed by atoms with Crippen LogP contribution in [0.4, 0.5) is 0 Å². The molecule has 0 aromatic carbocycles. The SMILES string of the molecule is COc1c(C#N)ccnc1O[C@H]1CC[C@H](CO[Si](C)(C)C(C)(C)C)CC1. The highest BCUT2D eigenvalue weighted by atomic mass is 28.4. The number of ether oxygens (including phenoxy) is 2. The summed E-state index contributed by atoms with van der Waals surface area (Å²) < 4.78 is 17.7. The van der Waals surface area contributed by atoms with Crippen LogP contribution in [0.5, 0.6) is 11.6 Å². The molecule has 1 aliphatic carbocycles. The first-order valence-corrected chi connectivity index (χ1v) is 12.3. The molecule has 1 aromatic heterocycles. The minimum absolute atomic E-state index is 0.120. The third-order valence-corrected chi connectivity index (χ3v) is 10.3. The average Bonchev–Trinajstić information content (AvgIpc) is 2.60. The van der Waals surface area contributed by atoms with Gasteiger partial charge in [0.25, 0.3) is 5.88 Å². The maximum absolute atomic E-state index is 9.17. The first-order chi connectivity index (χ1) is 12.2. The summed E-state index contributed by atoms with van der Waals surface area (Å²) in [5.74, 6) is 1.45. The number of aromatic nitrogens is 1. The van der Waals surface area contributed by atoms with Gasteiger partial charge in [0.2, 0.25) is 0 Å². The number of nitriles is 1. The van der Waals surface area contributed by atoms with Gasteiger partial charge in [-0.05, 0) is 55.8 Å². The zero-order chi connectivity index (χ0) is 19.4. The fraction of sp³-hybridized carbons (Fsp3) is 0.700. The lowest BCUT2D eigenvalue weighted by Gasteiger charge is -2.38. The summed E-state index contributed by atoms with van der Waals surface area (Å²) in [6.07, 6.45) is 5.86. The van der Waals surface area contributed by atoms with Gasteiger partial charge in [-0.1, -0.05) is 20.8 Å². The molecule has 0 N–H and O–H groups in total. The molecule has 0 unspecified atom stereocenters. The minimum atomic E-state index is -1.68. The predicted molar refractivity (Wildman–Crippen MR) is 105 cm³/mol. The van der Waals surface area contributed by atoms with E-state index in [0.29, 0.717) is 23.1 Å². The van der Waals surface area contributed by atoms with Crippen LogP contribution in [0.15, 0.2) is 12.3 Å². The number of methoxy groups -OCH3 is 1. The van der Waals surface area contributed by atoms with Crippen LogP contribution in [0.2, 0.25) is 18.1 Å². The van der Waals surface area contributed by atoms with Gasteiger partial charge in [-0.15, -0.1) is 0 Å². The standard InChI is InChI=1S/C20H32N2O3Si/c1-20(2,3)26(5,6)24-14-15-7-9-17(10-8-15)25-19-18(23-4)16(13-21)11-12-22-19/h11-12,15,17H,7-10,14H2,1-6H3/t15-,17-. The number of hydrogen-bond acceptors (Lipinski definition) is 5. The Bertz CT molecular complexity index is 641. The molecule has 1 fully saturated rings. The number of pyridine rings is 1. The lowest BCUT2D eigenvalue weighted by molar-refractivity contribution is 0.0997. The van der Waals surface area contributed by atoms with Crippen molar-refractivity contribution in [2.24, 2.45) is 5.92 Å². The molecule has 6 heteroatoms. The Labute approximate surface area is 158 Å². The molecule has 5 nitrogen and oxygen atoms in total. The van der Waals surface area contributed by atoms with E-state index in [2.05, 4.69) is 44.9 Å². The summed E-state index contributed by atoms with van der Waals surface area (Å²) in [7, 11) is -0.137. The van der Waals surface area contributed by atoms with E-state index in [4.69, 9.17) is 13.9 Å². The first-order valence-electron chi connectivity index (χ1n) is 9.41. The van der Waals surface area contributed by atoms with E-state index in [-0.39, 0.29) is 11.1 Å². The van der Waals surface area contributed by atoms with Crippen molar-refractivity contribution in [2.75, 3.05) is 13.7 Å². The Hall–Kier alpha value is -1.58. The smallest absolute Gasteiger partial charge is 0.258 e. The quantitative estimate of drug-likeness (QED) is 0.659. The van der Waals surface area contributed by atoms with E-state index in [1.165, 1.54) is 0 Å². The van der Waals surface area contributed by atoms with Crippen LogP contribution >= 0.6 is 0 Å². The summed E-state index contributed by atoms with van der Waals surface area (Å²) in [5, 5.41) is 9.42. The fourth-order valence-electron chi connectivity index (χ4n) is 2.92. The van der Waals surface area contributed by atoms with Crippen molar-refractivity contribution in [1.29, 1.82) is 5.26 Å². The van der Waals surface area contributed by atoms with Crippen molar-refractivity contribution < 1.29 is 13.9 Å². The van der Waals surface area contributed by atoms with Gasteiger partial charge in [0, 0.05) is 12.8 Å². The van der Waals surface area contributed by atoms with Gasteiger partial charge in [0.15, 0.2) is 14.1 Å². The molecule has 1 aliphatic rings. The van der Waals surface area contributed by atoms with Crippen LogP contribution in [0.25, 0.3) is 0 Å². The van der Waals surface area contributed by atoms with Crippen LogP contribution in [0.3, 0.4) is 0 Å². The molecular formula is C20H32N2O3Si. The van der Waals surface area contributed by atoms with E-state index < -0.39 is 8.32 Å². The minimum Gasteiger partial charge on any atom is -0.490 e. The monoisotopic (exact) mass is 376 g/mol. The lowest BCUT2D eigenvalue weighted by Crippen LogP contribution is -2.42. The largest absolute Gasteiger partial charge is 0.490 e. The van der Waals surface area contributed by atoms with Crippen LogP contribution in [-0.4, -0.2) is 33.1 Å². The molecule has 2 rings (SSSR count). The van der Waals surface area contributed by atoms with Gasteiger partial charge in [0.05, 0.1) is 7.11 Å². The Balaban J connectivity index is 1.87. The van der Waals surface area contributed by atoms with Gasteiger partial charge < -0.3 is 13.9 Å². The fourth-order valence-corrected chi connectivity index (χ4v) is 4.00. The second kappa shape index (κ2) is 8.41. The summed E-state index contributed by atoms with van der Waals surface area (Å²) in [6.45, 7) is 12.3. The van der Waals surface area contributed by atoms with Gasteiger partial charge >= 0.3 is 0 Å². The molecule has 26 heavy (non-hydrogen) atoms. The zero-order valence-electron chi connectivity index (χ0n) is 17.0. The molecule has 1 heterocycles. The topological polar surface area (TPSA) is 64.4 Å². The molecule has 0 spiro atoms. The first kappa shape index (κ1) is 20.7. The third kappa shape index (κ3) is 4.98. The normalized spacial score (nSPS) is 21.1. The second-order valence-electron chi connectivity index (χ2n) is 8.64. The number of rotatable bonds is 6. The lowest BCUT2D eigenvalue weighted by atomic mass is 9.88. The van der Waals surface area contributed by atoms with Gasteiger partial charge in [0.1, 0.15) is 17.7 Å². The summed E-state index contributed by atoms with van der Waals surface area (Å²) in [5.41, 5.74) is 0.453. The van der Waals surface area contributed by atoms with Crippen LogP contribution in [-0.2, 0) is 4.43 Å². The van der Waals surface area contributed by atoms with E-state index in [1.807, 2.05) is 0 Å². The third-order valence-electron chi connectivity index (χ3n) is 5.75. The van der Waals surface area contributed by atoms with Crippen molar-refractivity contribution in [2.45, 2.75) is 70.7 Å². The van der Waals surface area contributed by atoms with E-state index >= 15 is 0 Å². The van der Waals surface area contributed by atoms with Gasteiger partial charge in [-0.25, -0.2) is 4.98 Å². The number of hydrogen-bond donors (Lipinski definition) is 0. The molecule has 0 aliphatic heterocycles. The Morgan fingerprint density at radius 1 is 1.23 bits per heavy atom.